The van der Waals surface area contributed by atoms with Crippen LogP contribution in [0.3, 0.4) is 0 Å². The summed E-state index contributed by atoms with van der Waals surface area (Å²) in [5.41, 5.74) is 16.1. The van der Waals surface area contributed by atoms with E-state index in [9.17, 15) is 0 Å². The van der Waals surface area contributed by atoms with E-state index in [4.69, 9.17) is 9.47 Å². The van der Waals surface area contributed by atoms with Gasteiger partial charge in [0.25, 0.3) is 0 Å². The highest BCUT2D eigenvalue weighted by atomic mass is 16.5. The Bertz CT molecular complexity index is 3240. The molecule has 10 rings (SSSR count). The Hall–Kier alpha value is -8.72. The van der Waals surface area contributed by atoms with Gasteiger partial charge < -0.3 is 9.47 Å². The molecule has 0 heterocycles. The highest BCUT2D eigenvalue weighted by Gasteiger charge is 2.11. The van der Waals surface area contributed by atoms with E-state index in [1.807, 2.05) is 24.3 Å². The molecule has 0 amide bonds. The largest absolute Gasteiger partial charge is 0.497 e. The fourth-order valence-corrected chi connectivity index (χ4v) is 8.77. The van der Waals surface area contributed by atoms with Crippen molar-refractivity contribution in [2.75, 3.05) is 14.2 Å². The quantitative estimate of drug-likeness (QED) is 0.107. The summed E-state index contributed by atoms with van der Waals surface area (Å²) in [5.74, 6) is 1.68. The van der Waals surface area contributed by atoms with Gasteiger partial charge in [-0.25, -0.2) is 0 Å². The van der Waals surface area contributed by atoms with E-state index < -0.39 is 0 Å². The van der Waals surface area contributed by atoms with Gasteiger partial charge in [0.2, 0.25) is 0 Å². The molecule has 0 radical (unpaired) electrons. The lowest BCUT2D eigenvalue weighted by molar-refractivity contribution is 0.414. The highest BCUT2D eigenvalue weighted by molar-refractivity contribution is 5.98. The number of methoxy groups -OCH3 is 2. The van der Waals surface area contributed by atoms with Crippen LogP contribution in [0.1, 0.15) is 55.6 Å². The van der Waals surface area contributed by atoms with E-state index in [1.165, 1.54) is 43.8 Å². The van der Waals surface area contributed by atoms with Gasteiger partial charge in [0.05, 0.1) is 14.2 Å². The van der Waals surface area contributed by atoms with Crippen LogP contribution in [0.15, 0.2) is 231 Å². The zero-order valence-corrected chi connectivity index (χ0v) is 38.2. The molecule has 0 saturated carbocycles. The van der Waals surface area contributed by atoms with Crippen LogP contribution < -0.4 is 9.47 Å². The Morgan fingerprint density at radius 1 is 0.294 bits per heavy atom. The first-order valence-electron chi connectivity index (χ1n) is 23.0. The predicted octanol–water partition coefficient (Wildman–Crippen LogP) is 17.2. The topological polar surface area (TPSA) is 18.5 Å². The third-order valence-electron chi connectivity index (χ3n) is 12.6. The fourth-order valence-electron chi connectivity index (χ4n) is 8.77. The Balaban J connectivity index is 0.872. The van der Waals surface area contributed by atoms with Crippen LogP contribution in [0.4, 0.5) is 0 Å². The second-order valence-corrected chi connectivity index (χ2v) is 16.9. The maximum Gasteiger partial charge on any atom is 0.118 e. The van der Waals surface area contributed by atoms with Crippen molar-refractivity contribution in [2.24, 2.45) is 0 Å². The van der Waals surface area contributed by atoms with Crippen molar-refractivity contribution in [3.63, 3.8) is 0 Å². The van der Waals surface area contributed by atoms with Gasteiger partial charge in [-0.2, -0.15) is 0 Å². The summed E-state index contributed by atoms with van der Waals surface area (Å²) in [6.07, 6.45) is 13.4. The van der Waals surface area contributed by atoms with Gasteiger partial charge in [-0.1, -0.05) is 218 Å². The fraction of sp³-hybridized carbons (Fsp3) is 0.0303. The molecule has 326 valence electrons. The minimum absolute atomic E-state index is 0.839. The highest BCUT2D eigenvalue weighted by Crippen LogP contribution is 2.34. The molecule has 10 aromatic carbocycles. The molecule has 2 heteroatoms. The second-order valence-electron chi connectivity index (χ2n) is 16.9. The average Bonchev–Trinajstić information content (AvgIpc) is 3.41. The molecule has 0 atom stereocenters. The first-order chi connectivity index (χ1) is 33.6. The summed E-state index contributed by atoms with van der Waals surface area (Å²) in [6.45, 7) is 0. The van der Waals surface area contributed by atoms with Gasteiger partial charge in [-0.05, 0) is 148 Å². The van der Waals surface area contributed by atoms with Crippen molar-refractivity contribution >= 4 is 69.1 Å². The lowest BCUT2D eigenvalue weighted by Crippen LogP contribution is -1.91. The van der Waals surface area contributed by atoms with E-state index in [0.717, 1.165) is 67.2 Å². The summed E-state index contributed by atoms with van der Waals surface area (Å²) < 4.78 is 11.0. The van der Waals surface area contributed by atoms with Gasteiger partial charge >= 0.3 is 0 Å². The SMILES string of the molecule is COc1ccc(C(=Cc2ccccc2C=Cc2ccc(-c3ccc(C=Cc4ccccc4C=C(c4ccc(OC)cc4)c4ccc5ccccc5c4)cc3)cc2)c2ccc3ccccc3c2)cc1. The predicted molar refractivity (Wildman–Crippen MR) is 290 cm³/mol. The molecule has 0 spiro atoms. The van der Waals surface area contributed by atoms with Crippen LogP contribution in [-0.2, 0) is 0 Å². The summed E-state index contributed by atoms with van der Waals surface area (Å²) >= 11 is 0. The van der Waals surface area contributed by atoms with Gasteiger partial charge in [0.15, 0.2) is 0 Å². The monoisotopic (exact) mass is 874 g/mol. The second kappa shape index (κ2) is 20.2. The smallest absolute Gasteiger partial charge is 0.118 e. The lowest BCUT2D eigenvalue weighted by Gasteiger charge is -2.12. The average molecular weight is 875 g/mol. The molecule has 0 N–H and O–H groups in total. The van der Waals surface area contributed by atoms with Crippen molar-refractivity contribution in [2.45, 2.75) is 0 Å². The Kier molecular flexibility index (Phi) is 12.8. The summed E-state index contributed by atoms with van der Waals surface area (Å²) in [4.78, 5) is 0. The van der Waals surface area contributed by atoms with Crippen LogP contribution >= 0.6 is 0 Å². The number of hydrogen-bond acceptors (Lipinski definition) is 2. The van der Waals surface area contributed by atoms with E-state index in [-0.39, 0.29) is 0 Å². The Labute approximate surface area is 399 Å². The molecule has 2 nitrogen and oxygen atoms in total. The molecule has 0 unspecified atom stereocenters. The van der Waals surface area contributed by atoms with Crippen LogP contribution in [0.2, 0.25) is 0 Å². The van der Waals surface area contributed by atoms with Crippen molar-refractivity contribution in [3.05, 3.63) is 286 Å². The van der Waals surface area contributed by atoms with Gasteiger partial charge in [0.1, 0.15) is 11.5 Å². The molecule has 0 fully saturated rings. The number of ether oxygens (including phenoxy) is 2. The molecular weight excluding hydrogens is 825 g/mol. The minimum Gasteiger partial charge on any atom is -0.497 e. The number of benzene rings is 10. The minimum atomic E-state index is 0.839. The normalized spacial score (nSPS) is 12.0. The van der Waals surface area contributed by atoms with Crippen LogP contribution in [0.25, 0.3) is 80.3 Å². The molecule has 0 aromatic heterocycles. The Morgan fingerprint density at radius 3 is 1.01 bits per heavy atom. The number of hydrogen-bond donors (Lipinski definition) is 0. The third-order valence-corrected chi connectivity index (χ3v) is 12.6. The molecule has 0 bridgehead atoms. The summed E-state index contributed by atoms with van der Waals surface area (Å²) in [5, 5.41) is 4.89. The molecule has 0 saturated heterocycles. The van der Waals surface area contributed by atoms with Crippen molar-refractivity contribution in [1.29, 1.82) is 0 Å². The van der Waals surface area contributed by atoms with Crippen molar-refractivity contribution in [3.8, 4) is 22.6 Å². The molecule has 10 aromatic rings. The van der Waals surface area contributed by atoms with Crippen molar-refractivity contribution in [1.82, 2.24) is 0 Å². The van der Waals surface area contributed by atoms with Gasteiger partial charge in [0, 0.05) is 0 Å². The number of fused-ring (bicyclic) bond motifs is 2. The van der Waals surface area contributed by atoms with E-state index in [1.54, 1.807) is 14.2 Å². The Morgan fingerprint density at radius 2 is 0.632 bits per heavy atom. The third kappa shape index (κ3) is 9.91. The number of rotatable bonds is 13. The lowest BCUT2D eigenvalue weighted by atomic mass is 9.92. The van der Waals surface area contributed by atoms with Crippen LogP contribution in [0.5, 0.6) is 11.5 Å². The van der Waals surface area contributed by atoms with Gasteiger partial charge in [-0.3, -0.25) is 0 Å². The summed E-state index contributed by atoms with van der Waals surface area (Å²) in [6, 6.07) is 81.8. The van der Waals surface area contributed by atoms with E-state index >= 15 is 0 Å². The zero-order chi connectivity index (χ0) is 46.1. The molecule has 0 aliphatic rings. The zero-order valence-electron chi connectivity index (χ0n) is 38.2. The maximum atomic E-state index is 5.49. The van der Waals surface area contributed by atoms with E-state index in [2.05, 4.69) is 243 Å². The molecular formula is C66H50O2. The maximum absolute atomic E-state index is 5.49. The van der Waals surface area contributed by atoms with E-state index in [0.29, 0.717) is 0 Å². The molecule has 0 aliphatic carbocycles. The molecule has 0 aliphatic heterocycles. The van der Waals surface area contributed by atoms with Crippen LogP contribution in [-0.4, -0.2) is 14.2 Å². The van der Waals surface area contributed by atoms with Crippen molar-refractivity contribution < 1.29 is 9.47 Å². The van der Waals surface area contributed by atoms with Crippen LogP contribution in [0, 0.1) is 0 Å². The molecule has 68 heavy (non-hydrogen) atoms. The standard InChI is InChI=1S/C66H50O2/c1-67-63-39-35-55(36-40-63)65(61-33-31-51-13-3-7-15-57(51)43-61)45-59-17-9-5-11-49(59)25-19-47-21-27-53(28-22-47)54-29-23-48(24-30-54)20-26-50-12-6-10-18-60(50)46-66(56-37-41-64(68-2)42-38-56)62-34-32-52-14-4-8-16-58(52)44-62/h3-46H,1-2H3. The van der Waals surface area contributed by atoms with Gasteiger partial charge in [-0.15, -0.1) is 0 Å². The summed E-state index contributed by atoms with van der Waals surface area (Å²) in [7, 11) is 3.41. The first kappa shape index (κ1) is 43.2. The first-order valence-corrected chi connectivity index (χ1v) is 23.0.